The molecular formula is C10H15N5S. The van der Waals surface area contributed by atoms with E-state index >= 15 is 0 Å². The van der Waals surface area contributed by atoms with Crippen molar-refractivity contribution in [3.63, 3.8) is 0 Å². The number of aromatic nitrogens is 3. The van der Waals surface area contributed by atoms with Crippen LogP contribution in [-0.2, 0) is 6.54 Å². The molecule has 2 aromatic rings. The van der Waals surface area contributed by atoms with E-state index in [1.54, 1.807) is 0 Å². The summed E-state index contributed by atoms with van der Waals surface area (Å²) >= 11 is 1.53. The topological polar surface area (TPSA) is 68.8 Å². The first kappa shape index (κ1) is 10.9. The van der Waals surface area contributed by atoms with Gasteiger partial charge in [-0.1, -0.05) is 0 Å². The van der Waals surface area contributed by atoms with Crippen molar-refractivity contribution in [2.75, 3.05) is 17.6 Å². The van der Waals surface area contributed by atoms with E-state index in [-0.39, 0.29) is 0 Å². The zero-order valence-corrected chi connectivity index (χ0v) is 10.2. The first-order valence-electron chi connectivity index (χ1n) is 5.29. The van der Waals surface area contributed by atoms with Crippen LogP contribution in [0.4, 0.5) is 10.9 Å². The molecule has 2 rings (SSSR count). The van der Waals surface area contributed by atoms with Gasteiger partial charge in [-0.05, 0) is 26.0 Å². The SMILES string of the molecule is CCNc1nnc(-c2ccc(N)s2)n1CC. The molecule has 0 aliphatic carbocycles. The number of hydrogen-bond acceptors (Lipinski definition) is 5. The molecule has 0 saturated carbocycles. The van der Waals surface area contributed by atoms with Crippen LogP contribution in [0.5, 0.6) is 0 Å². The maximum Gasteiger partial charge on any atom is 0.224 e. The molecule has 5 nitrogen and oxygen atoms in total. The van der Waals surface area contributed by atoms with Crippen molar-refractivity contribution in [1.29, 1.82) is 0 Å². The number of nitrogens with one attached hydrogen (secondary N) is 1. The summed E-state index contributed by atoms with van der Waals surface area (Å²) in [6, 6.07) is 3.87. The normalized spacial score (nSPS) is 10.6. The average Bonchev–Trinajstić information content (AvgIpc) is 2.85. The standard InChI is InChI=1S/C10H15N5S/c1-3-12-10-14-13-9(15(10)4-2)7-5-6-8(11)16-7/h5-6H,3-4,11H2,1-2H3,(H,12,14). The maximum atomic E-state index is 5.72. The fraction of sp³-hybridized carbons (Fsp3) is 0.400. The molecular weight excluding hydrogens is 222 g/mol. The van der Waals surface area contributed by atoms with Gasteiger partial charge in [0.1, 0.15) is 0 Å². The number of nitrogens with zero attached hydrogens (tertiary/aromatic N) is 3. The third-order valence-electron chi connectivity index (χ3n) is 2.25. The molecule has 2 heterocycles. The summed E-state index contributed by atoms with van der Waals surface area (Å²) in [6.45, 7) is 5.79. The van der Waals surface area contributed by atoms with Gasteiger partial charge in [-0.25, -0.2) is 0 Å². The number of nitrogens with two attached hydrogens (primary N) is 1. The summed E-state index contributed by atoms with van der Waals surface area (Å²) in [4.78, 5) is 1.05. The third-order valence-corrected chi connectivity index (χ3v) is 3.16. The van der Waals surface area contributed by atoms with Gasteiger partial charge in [0, 0.05) is 13.1 Å². The van der Waals surface area contributed by atoms with Crippen LogP contribution >= 0.6 is 11.3 Å². The molecule has 16 heavy (non-hydrogen) atoms. The van der Waals surface area contributed by atoms with Gasteiger partial charge in [-0.3, -0.25) is 4.57 Å². The second-order valence-electron chi connectivity index (χ2n) is 3.32. The van der Waals surface area contributed by atoms with Gasteiger partial charge in [0.15, 0.2) is 5.82 Å². The van der Waals surface area contributed by atoms with Crippen LogP contribution in [-0.4, -0.2) is 21.3 Å². The van der Waals surface area contributed by atoms with Crippen molar-refractivity contribution < 1.29 is 0 Å². The maximum absolute atomic E-state index is 5.72. The van der Waals surface area contributed by atoms with Crippen LogP contribution in [0.2, 0.25) is 0 Å². The number of thiophene rings is 1. The zero-order chi connectivity index (χ0) is 11.5. The molecule has 0 atom stereocenters. The number of hydrogen-bond donors (Lipinski definition) is 2. The van der Waals surface area contributed by atoms with Gasteiger partial charge in [0.05, 0.1) is 9.88 Å². The zero-order valence-electron chi connectivity index (χ0n) is 9.40. The highest BCUT2D eigenvalue weighted by Crippen LogP contribution is 2.29. The number of nitrogen functional groups attached to an aromatic ring is 1. The van der Waals surface area contributed by atoms with Crippen LogP contribution in [0.15, 0.2) is 12.1 Å². The molecule has 0 unspecified atom stereocenters. The minimum Gasteiger partial charge on any atom is -0.391 e. The monoisotopic (exact) mass is 237 g/mol. The number of rotatable bonds is 4. The predicted octanol–water partition coefficient (Wildman–Crippen LogP) is 2.04. The Bertz CT molecular complexity index is 473. The lowest BCUT2D eigenvalue weighted by Crippen LogP contribution is -2.06. The average molecular weight is 237 g/mol. The molecule has 0 saturated heterocycles. The van der Waals surface area contributed by atoms with E-state index in [0.29, 0.717) is 0 Å². The van der Waals surface area contributed by atoms with Crippen molar-refractivity contribution in [3.05, 3.63) is 12.1 Å². The van der Waals surface area contributed by atoms with Crippen molar-refractivity contribution in [1.82, 2.24) is 14.8 Å². The van der Waals surface area contributed by atoms with E-state index in [1.807, 2.05) is 19.1 Å². The van der Waals surface area contributed by atoms with Crippen molar-refractivity contribution in [3.8, 4) is 10.7 Å². The quantitative estimate of drug-likeness (QED) is 0.853. The molecule has 0 spiro atoms. The van der Waals surface area contributed by atoms with Crippen LogP contribution in [0.25, 0.3) is 10.7 Å². The lowest BCUT2D eigenvalue weighted by molar-refractivity contribution is 0.771. The molecule has 0 aromatic carbocycles. The molecule has 6 heteroatoms. The Morgan fingerprint density at radius 1 is 1.38 bits per heavy atom. The van der Waals surface area contributed by atoms with Crippen molar-refractivity contribution in [2.24, 2.45) is 0 Å². The third kappa shape index (κ3) is 1.88. The van der Waals surface area contributed by atoms with E-state index in [4.69, 9.17) is 5.73 Å². The molecule has 0 fully saturated rings. The molecule has 0 aliphatic heterocycles. The van der Waals surface area contributed by atoms with E-state index in [0.717, 1.165) is 34.7 Å². The van der Waals surface area contributed by atoms with Crippen molar-refractivity contribution >= 4 is 22.3 Å². The van der Waals surface area contributed by atoms with E-state index < -0.39 is 0 Å². The second-order valence-corrected chi connectivity index (χ2v) is 4.44. The molecule has 2 aromatic heterocycles. The Morgan fingerprint density at radius 2 is 2.19 bits per heavy atom. The Labute approximate surface area is 98.3 Å². The highest BCUT2D eigenvalue weighted by molar-refractivity contribution is 7.19. The van der Waals surface area contributed by atoms with Gasteiger partial charge < -0.3 is 11.1 Å². The fourth-order valence-electron chi connectivity index (χ4n) is 1.55. The highest BCUT2D eigenvalue weighted by Gasteiger charge is 2.13. The van der Waals surface area contributed by atoms with Crippen molar-refractivity contribution in [2.45, 2.75) is 20.4 Å². The Balaban J connectivity index is 2.41. The van der Waals surface area contributed by atoms with Gasteiger partial charge >= 0.3 is 0 Å². The largest absolute Gasteiger partial charge is 0.391 e. The summed E-state index contributed by atoms with van der Waals surface area (Å²) in [5.41, 5.74) is 5.72. The Morgan fingerprint density at radius 3 is 2.75 bits per heavy atom. The van der Waals surface area contributed by atoms with Crippen LogP contribution in [0.1, 0.15) is 13.8 Å². The van der Waals surface area contributed by atoms with Gasteiger partial charge in [-0.2, -0.15) is 0 Å². The van der Waals surface area contributed by atoms with Crippen LogP contribution < -0.4 is 11.1 Å². The first-order valence-corrected chi connectivity index (χ1v) is 6.10. The molecule has 86 valence electrons. The minimum absolute atomic E-state index is 0.797. The molecule has 3 N–H and O–H groups in total. The Kier molecular flexibility index (Phi) is 3.09. The summed E-state index contributed by atoms with van der Waals surface area (Å²) in [5.74, 6) is 1.69. The molecule has 0 aliphatic rings. The lowest BCUT2D eigenvalue weighted by atomic mass is 10.4. The predicted molar refractivity (Wildman–Crippen MR) is 67.6 cm³/mol. The minimum atomic E-state index is 0.797. The van der Waals surface area contributed by atoms with E-state index in [9.17, 15) is 0 Å². The van der Waals surface area contributed by atoms with Crippen LogP contribution in [0, 0.1) is 0 Å². The fourth-order valence-corrected chi connectivity index (χ4v) is 2.32. The van der Waals surface area contributed by atoms with E-state index in [2.05, 4.69) is 27.0 Å². The number of anilines is 2. The summed E-state index contributed by atoms with van der Waals surface area (Å²) in [6.07, 6.45) is 0. The smallest absolute Gasteiger partial charge is 0.224 e. The molecule has 0 radical (unpaired) electrons. The second kappa shape index (κ2) is 4.52. The summed E-state index contributed by atoms with van der Waals surface area (Å²) in [7, 11) is 0. The van der Waals surface area contributed by atoms with Gasteiger partial charge in [0.25, 0.3) is 0 Å². The molecule has 0 amide bonds. The lowest BCUT2D eigenvalue weighted by Gasteiger charge is -2.06. The Hall–Kier alpha value is -1.56. The van der Waals surface area contributed by atoms with Crippen LogP contribution in [0.3, 0.4) is 0 Å². The highest BCUT2D eigenvalue weighted by atomic mass is 32.1. The summed E-state index contributed by atoms with van der Waals surface area (Å²) in [5, 5.41) is 12.3. The van der Waals surface area contributed by atoms with Gasteiger partial charge in [0.2, 0.25) is 5.95 Å². The first-order chi connectivity index (χ1) is 7.76. The molecule has 0 bridgehead atoms. The van der Waals surface area contributed by atoms with E-state index in [1.165, 1.54) is 11.3 Å². The van der Waals surface area contributed by atoms with Gasteiger partial charge in [-0.15, -0.1) is 21.5 Å². The summed E-state index contributed by atoms with van der Waals surface area (Å²) < 4.78 is 2.05.